The van der Waals surface area contributed by atoms with Crippen molar-refractivity contribution in [1.29, 1.82) is 0 Å². The first-order valence-electron chi connectivity index (χ1n) is 12.1. The summed E-state index contributed by atoms with van der Waals surface area (Å²) in [5.41, 5.74) is 3.69. The highest BCUT2D eigenvalue weighted by molar-refractivity contribution is 7.99. The first kappa shape index (κ1) is 24.8. The smallest absolute Gasteiger partial charge is 0.231 e. The molecule has 36 heavy (non-hydrogen) atoms. The van der Waals surface area contributed by atoms with Gasteiger partial charge in [-0.25, -0.2) is 0 Å². The number of hydrogen-bond acceptors (Lipinski definition) is 5. The third-order valence-electron chi connectivity index (χ3n) is 6.59. The number of benzene rings is 3. The molecule has 5 nitrogen and oxygen atoms in total. The molecule has 0 amide bonds. The van der Waals surface area contributed by atoms with Crippen LogP contribution in [0.4, 0.5) is 0 Å². The number of halogens is 1. The highest BCUT2D eigenvalue weighted by Gasteiger charge is 2.28. The summed E-state index contributed by atoms with van der Waals surface area (Å²) in [7, 11) is 1.70. The van der Waals surface area contributed by atoms with Crippen molar-refractivity contribution < 1.29 is 40.5 Å². The van der Waals surface area contributed by atoms with Crippen molar-refractivity contribution in [1.82, 2.24) is 0 Å². The second-order valence-corrected chi connectivity index (χ2v) is 9.95. The van der Waals surface area contributed by atoms with Crippen LogP contribution in [0.1, 0.15) is 18.4 Å². The number of nitrogens with zero attached hydrogens (tertiary/aromatic N) is 1. The molecule has 3 heterocycles. The lowest BCUT2D eigenvalue weighted by molar-refractivity contribution is -0.686. The fourth-order valence-corrected chi connectivity index (χ4v) is 5.73. The van der Waals surface area contributed by atoms with E-state index in [1.165, 1.54) is 21.7 Å². The molecule has 0 radical (unpaired) electrons. The maximum atomic E-state index is 6.33. The lowest BCUT2D eigenvalue weighted by Gasteiger charge is -2.18. The van der Waals surface area contributed by atoms with Crippen molar-refractivity contribution >= 4 is 22.5 Å². The Bertz CT molecular complexity index is 1380. The van der Waals surface area contributed by atoms with E-state index in [4.69, 9.17) is 18.9 Å². The Morgan fingerprint density at radius 1 is 0.972 bits per heavy atom. The minimum Gasteiger partial charge on any atom is -1.00 e. The number of aromatic nitrogens is 1. The molecule has 0 aliphatic carbocycles. The van der Waals surface area contributed by atoms with Gasteiger partial charge in [-0.3, -0.25) is 0 Å². The Kier molecular flexibility index (Phi) is 7.58. The maximum absolute atomic E-state index is 6.33. The monoisotopic (exact) mass is 565 g/mol. The van der Waals surface area contributed by atoms with Gasteiger partial charge in [-0.2, -0.15) is 4.57 Å². The fraction of sp³-hybridized carbons (Fsp3) is 0.276. The van der Waals surface area contributed by atoms with E-state index in [0.717, 1.165) is 65.3 Å². The molecule has 2 aliphatic rings. The second kappa shape index (κ2) is 11.0. The van der Waals surface area contributed by atoms with Gasteiger partial charge in [0, 0.05) is 17.4 Å². The zero-order valence-electron chi connectivity index (χ0n) is 20.2. The molecule has 0 atom stereocenters. The van der Waals surface area contributed by atoms with E-state index in [-0.39, 0.29) is 17.0 Å². The standard InChI is InChI=1S/C29H28NO4S.BrH/c1-31-26-10-9-20-15-25-23-17-28-27(33-19-34-28)16-21(23)11-12-30(25)18-24(20)29(26)32-13-5-6-14-35-22-7-3-2-4-8-22;/h2-4,7-10,15-18H,5-6,11-14,19H2,1H3;1H/q+1;/p-1. The molecule has 0 spiro atoms. The topological polar surface area (TPSA) is 40.8 Å². The SMILES string of the molecule is COc1ccc2cc3[n+](cc2c1OCCCCSc1ccccc1)CCc1cc2c(cc1-3)OCO2.[Br-]. The molecule has 1 aromatic heterocycles. The zero-order chi connectivity index (χ0) is 23.6. The molecule has 0 saturated carbocycles. The Morgan fingerprint density at radius 2 is 1.81 bits per heavy atom. The quantitative estimate of drug-likeness (QED) is 0.186. The van der Waals surface area contributed by atoms with Gasteiger partial charge in [-0.1, -0.05) is 18.2 Å². The van der Waals surface area contributed by atoms with Crippen LogP contribution in [-0.4, -0.2) is 26.3 Å². The summed E-state index contributed by atoms with van der Waals surface area (Å²) in [6, 6.07) is 21.2. The van der Waals surface area contributed by atoms with Gasteiger partial charge in [0.2, 0.25) is 12.5 Å². The summed E-state index contributed by atoms with van der Waals surface area (Å²) >= 11 is 1.89. The Hall–Kier alpha value is -2.90. The summed E-state index contributed by atoms with van der Waals surface area (Å²) in [4.78, 5) is 1.32. The van der Waals surface area contributed by atoms with Gasteiger partial charge in [0.25, 0.3) is 0 Å². The van der Waals surface area contributed by atoms with Crippen LogP contribution in [0.15, 0.2) is 71.8 Å². The molecule has 0 N–H and O–H groups in total. The number of unbranched alkanes of at least 4 members (excludes halogenated alkanes) is 1. The molecule has 7 heteroatoms. The van der Waals surface area contributed by atoms with Crippen molar-refractivity contribution in [2.45, 2.75) is 30.7 Å². The van der Waals surface area contributed by atoms with Crippen molar-refractivity contribution in [2.75, 3.05) is 26.3 Å². The van der Waals surface area contributed by atoms with E-state index in [2.05, 4.69) is 65.4 Å². The number of hydrogen-bond donors (Lipinski definition) is 0. The normalized spacial score (nSPS) is 13.0. The minimum absolute atomic E-state index is 0. The van der Waals surface area contributed by atoms with E-state index >= 15 is 0 Å². The molecule has 186 valence electrons. The second-order valence-electron chi connectivity index (χ2n) is 8.78. The molecule has 0 saturated heterocycles. The van der Waals surface area contributed by atoms with Crippen molar-refractivity contribution in [3.8, 4) is 34.3 Å². The van der Waals surface area contributed by atoms with Crippen LogP contribution in [0.25, 0.3) is 22.0 Å². The summed E-state index contributed by atoms with van der Waals surface area (Å²) in [6.45, 7) is 1.87. The molecule has 6 rings (SSSR count). The van der Waals surface area contributed by atoms with Gasteiger partial charge in [-0.05, 0) is 65.9 Å². The number of aryl methyl sites for hydroxylation is 2. The highest BCUT2D eigenvalue weighted by Crippen LogP contribution is 2.41. The maximum Gasteiger partial charge on any atom is 0.231 e. The lowest BCUT2D eigenvalue weighted by atomic mass is 9.95. The van der Waals surface area contributed by atoms with Gasteiger partial charge < -0.3 is 35.9 Å². The largest absolute Gasteiger partial charge is 1.00 e. The number of ether oxygens (including phenoxy) is 4. The van der Waals surface area contributed by atoms with Gasteiger partial charge in [0.05, 0.1) is 24.7 Å². The van der Waals surface area contributed by atoms with Gasteiger partial charge in [0.1, 0.15) is 0 Å². The molecule has 0 fully saturated rings. The van der Waals surface area contributed by atoms with Crippen LogP contribution in [0.5, 0.6) is 23.0 Å². The molecule has 0 unspecified atom stereocenters. The zero-order valence-corrected chi connectivity index (χ0v) is 22.6. The van der Waals surface area contributed by atoms with Crippen LogP contribution in [0.2, 0.25) is 0 Å². The predicted octanol–water partition coefficient (Wildman–Crippen LogP) is 3.04. The minimum atomic E-state index is 0. The summed E-state index contributed by atoms with van der Waals surface area (Å²) in [5, 5.41) is 2.22. The van der Waals surface area contributed by atoms with Gasteiger partial charge >= 0.3 is 0 Å². The fourth-order valence-electron chi connectivity index (χ4n) is 4.79. The van der Waals surface area contributed by atoms with E-state index in [9.17, 15) is 0 Å². The number of rotatable bonds is 8. The van der Waals surface area contributed by atoms with Gasteiger partial charge in [-0.15, -0.1) is 11.8 Å². The highest BCUT2D eigenvalue weighted by atomic mass is 79.9. The predicted molar refractivity (Wildman–Crippen MR) is 138 cm³/mol. The van der Waals surface area contributed by atoms with E-state index < -0.39 is 0 Å². The van der Waals surface area contributed by atoms with E-state index in [0.29, 0.717) is 13.4 Å². The first-order valence-corrected chi connectivity index (χ1v) is 13.1. The molecule has 2 aliphatic heterocycles. The van der Waals surface area contributed by atoms with Crippen LogP contribution in [0, 0.1) is 0 Å². The number of pyridine rings is 1. The van der Waals surface area contributed by atoms with Crippen molar-refractivity contribution in [2.24, 2.45) is 0 Å². The van der Waals surface area contributed by atoms with E-state index in [1.807, 2.05) is 17.8 Å². The van der Waals surface area contributed by atoms with Crippen molar-refractivity contribution in [3.05, 3.63) is 72.4 Å². The average Bonchev–Trinajstić information content (AvgIpc) is 3.36. The third kappa shape index (κ3) is 4.87. The summed E-state index contributed by atoms with van der Waals surface area (Å²) in [6.07, 6.45) is 5.26. The Balaban J connectivity index is 0.00000267. The Labute approximate surface area is 226 Å². The van der Waals surface area contributed by atoms with E-state index in [1.54, 1.807) is 7.11 Å². The number of thioether (sulfide) groups is 1. The van der Waals surface area contributed by atoms with Crippen LogP contribution < -0.4 is 40.5 Å². The lowest BCUT2D eigenvalue weighted by Crippen LogP contribution is -3.00. The average molecular weight is 567 g/mol. The van der Waals surface area contributed by atoms with Gasteiger partial charge in [0.15, 0.2) is 35.7 Å². The molecular formula is C29H28BrNO4S. The number of methoxy groups -OCH3 is 1. The number of fused-ring (bicyclic) bond motifs is 5. The summed E-state index contributed by atoms with van der Waals surface area (Å²) < 4.78 is 25.5. The molecule has 3 aromatic carbocycles. The third-order valence-corrected chi connectivity index (χ3v) is 7.69. The van der Waals surface area contributed by atoms with Crippen molar-refractivity contribution in [3.63, 3.8) is 0 Å². The molecule has 0 bridgehead atoms. The van der Waals surface area contributed by atoms with Crippen LogP contribution in [-0.2, 0) is 13.0 Å². The molecule has 4 aromatic rings. The Morgan fingerprint density at radius 3 is 2.64 bits per heavy atom. The summed E-state index contributed by atoms with van der Waals surface area (Å²) in [5.74, 6) is 4.35. The first-order chi connectivity index (χ1) is 17.3. The van der Waals surface area contributed by atoms with Crippen LogP contribution in [0.3, 0.4) is 0 Å². The molecular weight excluding hydrogens is 538 g/mol. The van der Waals surface area contributed by atoms with Crippen LogP contribution >= 0.6 is 11.8 Å².